The van der Waals surface area contributed by atoms with Crippen molar-refractivity contribution in [1.82, 2.24) is 0 Å². The van der Waals surface area contributed by atoms with Crippen molar-refractivity contribution in [3.63, 3.8) is 0 Å². The smallest absolute Gasteiger partial charge is 0.136 e. The SMILES string of the molecule is CC1(C)c2ccccc2Oc2cc(-c3ccc(-c4cccc5oc6ccc7ccccc7c6c45)s3)ccc21. The van der Waals surface area contributed by atoms with Gasteiger partial charge in [-0.1, -0.05) is 86.6 Å². The molecular formula is C35H24O2S. The summed E-state index contributed by atoms with van der Waals surface area (Å²) in [6.07, 6.45) is 0. The first-order chi connectivity index (χ1) is 18.6. The zero-order chi connectivity index (χ0) is 25.4. The van der Waals surface area contributed by atoms with Crippen molar-refractivity contribution in [2.75, 3.05) is 0 Å². The van der Waals surface area contributed by atoms with Crippen LogP contribution in [-0.2, 0) is 5.41 Å². The molecule has 5 aromatic carbocycles. The second-order valence-corrected chi connectivity index (χ2v) is 11.6. The Bertz CT molecular complexity index is 2040. The third-order valence-corrected chi connectivity index (χ3v) is 9.15. The van der Waals surface area contributed by atoms with Gasteiger partial charge in [-0.15, -0.1) is 11.3 Å². The Morgan fingerprint density at radius 1 is 0.605 bits per heavy atom. The van der Waals surface area contributed by atoms with E-state index in [1.54, 1.807) is 0 Å². The number of furan rings is 1. The quantitative estimate of drug-likeness (QED) is 0.232. The molecule has 2 nitrogen and oxygen atoms in total. The van der Waals surface area contributed by atoms with Crippen molar-refractivity contribution in [1.29, 1.82) is 0 Å². The van der Waals surface area contributed by atoms with Gasteiger partial charge in [-0.05, 0) is 52.7 Å². The topological polar surface area (TPSA) is 22.4 Å². The Kier molecular flexibility index (Phi) is 4.48. The molecule has 182 valence electrons. The van der Waals surface area contributed by atoms with Crippen LogP contribution < -0.4 is 4.74 Å². The van der Waals surface area contributed by atoms with Gasteiger partial charge < -0.3 is 9.15 Å². The number of fused-ring (bicyclic) bond motifs is 7. The summed E-state index contributed by atoms with van der Waals surface area (Å²) in [4.78, 5) is 2.45. The summed E-state index contributed by atoms with van der Waals surface area (Å²) in [5, 5.41) is 4.82. The summed E-state index contributed by atoms with van der Waals surface area (Å²) >= 11 is 1.81. The van der Waals surface area contributed by atoms with Crippen LogP contribution in [0.5, 0.6) is 11.5 Å². The van der Waals surface area contributed by atoms with E-state index in [2.05, 4.69) is 117 Å². The standard InChI is InChI=1S/C35H24O2S/c1-35(2)25-11-5-6-12-27(25)36-30-20-22(14-16-26(30)35)31-18-19-32(38-31)24-10-7-13-28-34(24)33-23-9-4-3-8-21(23)15-17-29(33)37-28/h3-20H,1-2H3. The number of hydrogen-bond donors (Lipinski definition) is 0. The Balaban J connectivity index is 1.26. The second kappa shape index (κ2) is 7.83. The molecule has 38 heavy (non-hydrogen) atoms. The van der Waals surface area contributed by atoms with Crippen LogP contribution in [0.15, 0.2) is 114 Å². The molecular weight excluding hydrogens is 484 g/mol. The van der Waals surface area contributed by atoms with Gasteiger partial charge in [0.15, 0.2) is 0 Å². The first-order valence-corrected chi connectivity index (χ1v) is 13.7. The molecule has 1 aliphatic rings. The van der Waals surface area contributed by atoms with Crippen LogP contribution in [0.3, 0.4) is 0 Å². The van der Waals surface area contributed by atoms with Gasteiger partial charge >= 0.3 is 0 Å². The fourth-order valence-corrected chi connectivity index (χ4v) is 7.08. The van der Waals surface area contributed by atoms with Gasteiger partial charge in [-0.25, -0.2) is 0 Å². The average molecular weight is 509 g/mol. The lowest BCUT2D eigenvalue weighted by molar-refractivity contribution is 0.418. The Morgan fingerprint density at radius 2 is 1.39 bits per heavy atom. The molecule has 0 bridgehead atoms. The molecule has 0 amide bonds. The second-order valence-electron chi connectivity index (χ2n) is 10.5. The molecule has 0 atom stereocenters. The summed E-state index contributed by atoms with van der Waals surface area (Å²) in [6, 6.07) is 38.6. The Morgan fingerprint density at radius 3 is 2.34 bits per heavy atom. The third kappa shape index (κ3) is 3.06. The number of para-hydroxylation sites is 1. The van der Waals surface area contributed by atoms with E-state index in [1.165, 1.54) is 53.6 Å². The van der Waals surface area contributed by atoms with Crippen LogP contribution in [0.25, 0.3) is 53.6 Å². The molecule has 1 aliphatic heterocycles. The maximum absolute atomic E-state index is 6.40. The fraction of sp³-hybridized carbons (Fsp3) is 0.0857. The first-order valence-electron chi connectivity index (χ1n) is 12.9. The van der Waals surface area contributed by atoms with Crippen molar-refractivity contribution >= 4 is 44.0 Å². The van der Waals surface area contributed by atoms with Crippen molar-refractivity contribution in [3.8, 4) is 32.4 Å². The zero-order valence-electron chi connectivity index (χ0n) is 21.1. The van der Waals surface area contributed by atoms with Crippen LogP contribution in [0, 0.1) is 0 Å². The molecule has 2 aromatic heterocycles. The van der Waals surface area contributed by atoms with Crippen LogP contribution in [0.1, 0.15) is 25.0 Å². The van der Waals surface area contributed by atoms with Crippen molar-refractivity contribution in [2.24, 2.45) is 0 Å². The van der Waals surface area contributed by atoms with Gasteiger partial charge in [-0.3, -0.25) is 0 Å². The fourth-order valence-electron chi connectivity index (χ4n) is 6.04. The predicted octanol–water partition coefficient (Wildman–Crippen LogP) is 10.6. The zero-order valence-corrected chi connectivity index (χ0v) is 21.9. The highest BCUT2D eigenvalue weighted by Gasteiger charge is 2.34. The van der Waals surface area contributed by atoms with E-state index in [9.17, 15) is 0 Å². The summed E-state index contributed by atoms with van der Waals surface area (Å²) in [5.74, 6) is 1.88. The van der Waals surface area contributed by atoms with Gasteiger partial charge in [-0.2, -0.15) is 0 Å². The van der Waals surface area contributed by atoms with Gasteiger partial charge in [0, 0.05) is 42.6 Å². The first kappa shape index (κ1) is 21.7. The molecule has 0 saturated heterocycles. The van der Waals surface area contributed by atoms with E-state index in [0.717, 1.165) is 22.7 Å². The van der Waals surface area contributed by atoms with Gasteiger partial charge in [0.05, 0.1) is 0 Å². The minimum atomic E-state index is -0.107. The number of rotatable bonds is 2. The van der Waals surface area contributed by atoms with E-state index in [1.807, 2.05) is 17.4 Å². The molecule has 8 rings (SSSR count). The number of ether oxygens (including phenoxy) is 1. The molecule has 3 heterocycles. The van der Waals surface area contributed by atoms with E-state index in [4.69, 9.17) is 9.15 Å². The lowest BCUT2D eigenvalue weighted by Crippen LogP contribution is -2.24. The van der Waals surface area contributed by atoms with Gasteiger partial charge in [0.25, 0.3) is 0 Å². The summed E-state index contributed by atoms with van der Waals surface area (Å²) < 4.78 is 12.7. The van der Waals surface area contributed by atoms with E-state index in [-0.39, 0.29) is 5.41 Å². The molecule has 7 aromatic rings. The van der Waals surface area contributed by atoms with Gasteiger partial charge in [0.1, 0.15) is 22.7 Å². The van der Waals surface area contributed by atoms with Crippen molar-refractivity contribution < 1.29 is 9.15 Å². The summed E-state index contributed by atoms with van der Waals surface area (Å²) in [5.41, 5.74) is 6.57. The highest BCUT2D eigenvalue weighted by Crippen LogP contribution is 2.49. The number of hydrogen-bond acceptors (Lipinski definition) is 3. The average Bonchev–Trinajstić information content (AvgIpc) is 3.58. The van der Waals surface area contributed by atoms with Crippen molar-refractivity contribution in [2.45, 2.75) is 19.3 Å². The van der Waals surface area contributed by atoms with Crippen LogP contribution in [0.2, 0.25) is 0 Å². The molecule has 0 N–H and O–H groups in total. The molecule has 0 fully saturated rings. The molecule has 0 unspecified atom stereocenters. The molecule has 3 heteroatoms. The van der Waals surface area contributed by atoms with E-state index in [0.29, 0.717) is 0 Å². The lowest BCUT2D eigenvalue weighted by Gasteiger charge is -2.34. The number of thiophene rings is 1. The molecule has 0 aliphatic carbocycles. The molecule has 0 saturated carbocycles. The third-order valence-electron chi connectivity index (χ3n) is 7.98. The highest BCUT2D eigenvalue weighted by molar-refractivity contribution is 7.19. The van der Waals surface area contributed by atoms with Crippen LogP contribution in [-0.4, -0.2) is 0 Å². The minimum absolute atomic E-state index is 0.107. The molecule has 0 radical (unpaired) electrons. The monoisotopic (exact) mass is 508 g/mol. The Hall–Kier alpha value is -4.34. The van der Waals surface area contributed by atoms with E-state index < -0.39 is 0 Å². The van der Waals surface area contributed by atoms with Crippen LogP contribution >= 0.6 is 11.3 Å². The molecule has 0 spiro atoms. The number of benzene rings is 5. The van der Waals surface area contributed by atoms with Crippen LogP contribution in [0.4, 0.5) is 0 Å². The van der Waals surface area contributed by atoms with E-state index >= 15 is 0 Å². The normalized spacial score (nSPS) is 13.9. The maximum atomic E-state index is 6.40. The maximum Gasteiger partial charge on any atom is 0.136 e. The highest BCUT2D eigenvalue weighted by atomic mass is 32.1. The van der Waals surface area contributed by atoms with Crippen molar-refractivity contribution in [3.05, 3.63) is 120 Å². The summed E-state index contributed by atoms with van der Waals surface area (Å²) in [7, 11) is 0. The minimum Gasteiger partial charge on any atom is -0.457 e. The summed E-state index contributed by atoms with van der Waals surface area (Å²) in [6.45, 7) is 4.55. The Labute approximate surface area is 224 Å². The van der Waals surface area contributed by atoms with Gasteiger partial charge in [0.2, 0.25) is 0 Å². The largest absolute Gasteiger partial charge is 0.457 e. The predicted molar refractivity (Wildman–Crippen MR) is 159 cm³/mol. The lowest BCUT2D eigenvalue weighted by atomic mass is 9.75.